The summed E-state index contributed by atoms with van der Waals surface area (Å²) in [5.74, 6) is 0.215. The van der Waals surface area contributed by atoms with Crippen LogP contribution in [0.1, 0.15) is 13.3 Å². The molecule has 0 fully saturated rings. The molecule has 0 saturated heterocycles. The van der Waals surface area contributed by atoms with Gasteiger partial charge in [-0.05, 0) is 6.92 Å². The number of rotatable bonds is 6. The zero-order valence-electron chi connectivity index (χ0n) is 8.40. The second kappa shape index (κ2) is 5.82. The monoisotopic (exact) mass is 223 g/mol. The van der Waals surface area contributed by atoms with Crippen LogP contribution in [0.25, 0.3) is 0 Å². The highest BCUT2D eigenvalue weighted by Crippen LogP contribution is 1.90. The lowest BCUT2D eigenvalue weighted by Gasteiger charge is -2.11. The summed E-state index contributed by atoms with van der Waals surface area (Å²) in [5.41, 5.74) is 5.23. The highest BCUT2D eigenvalue weighted by molar-refractivity contribution is 7.90. The molecule has 0 aromatic heterocycles. The van der Waals surface area contributed by atoms with Gasteiger partial charge >= 0.3 is 0 Å². The molecule has 0 bridgehead atoms. The van der Waals surface area contributed by atoms with E-state index in [1.54, 1.807) is 6.92 Å². The van der Waals surface area contributed by atoms with Gasteiger partial charge in [0.1, 0.15) is 15.7 Å². The summed E-state index contributed by atoms with van der Waals surface area (Å²) in [6.45, 7) is 2.26. The number of hydrogen-bond acceptors (Lipinski definition) is 5. The quantitative estimate of drug-likeness (QED) is 0.235. The summed E-state index contributed by atoms with van der Waals surface area (Å²) in [6.07, 6.45) is 1.58. The third kappa shape index (κ3) is 7.81. The van der Waals surface area contributed by atoms with E-state index in [1.807, 2.05) is 0 Å². The van der Waals surface area contributed by atoms with Gasteiger partial charge in [0, 0.05) is 25.3 Å². The van der Waals surface area contributed by atoms with Crippen molar-refractivity contribution in [3.05, 3.63) is 0 Å². The van der Waals surface area contributed by atoms with Crippen molar-refractivity contribution in [3.8, 4) is 0 Å². The van der Waals surface area contributed by atoms with Gasteiger partial charge in [0.15, 0.2) is 0 Å². The van der Waals surface area contributed by atoms with Crippen molar-refractivity contribution in [2.45, 2.75) is 19.4 Å². The molecule has 1 atom stereocenters. The van der Waals surface area contributed by atoms with Crippen molar-refractivity contribution in [2.24, 2.45) is 10.9 Å². The van der Waals surface area contributed by atoms with Gasteiger partial charge < -0.3 is 16.3 Å². The first-order valence-corrected chi connectivity index (χ1v) is 6.28. The van der Waals surface area contributed by atoms with Gasteiger partial charge in [0.25, 0.3) is 0 Å². The minimum atomic E-state index is -2.95. The fraction of sp³-hybridized carbons (Fsp3) is 0.857. The largest absolute Gasteiger partial charge is 0.409 e. The maximum absolute atomic E-state index is 10.9. The topological polar surface area (TPSA) is 105 Å². The molecule has 0 spiro atoms. The van der Waals surface area contributed by atoms with E-state index in [0.717, 1.165) is 0 Å². The first-order valence-electron chi connectivity index (χ1n) is 4.22. The molecule has 0 amide bonds. The molecule has 7 heteroatoms. The molecule has 4 N–H and O–H groups in total. The van der Waals surface area contributed by atoms with Crippen LogP contribution in [0.15, 0.2) is 5.16 Å². The van der Waals surface area contributed by atoms with Gasteiger partial charge in [0.05, 0.1) is 5.75 Å². The van der Waals surface area contributed by atoms with E-state index in [2.05, 4.69) is 10.5 Å². The normalized spacial score (nSPS) is 15.4. The second-order valence-electron chi connectivity index (χ2n) is 3.29. The Morgan fingerprint density at radius 2 is 2.21 bits per heavy atom. The highest BCUT2D eigenvalue weighted by Gasteiger charge is 2.09. The number of amidine groups is 1. The molecule has 0 radical (unpaired) electrons. The molecule has 6 nitrogen and oxygen atoms in total. The molecule has 0 aromatic carbocycles. The van der Waals surface area contributed by atoms with Crippen LogP contribution in [-0.4, -0.2) is 44.1 Å². The third-order valence-corrected chi connectivity index (χ3v) is 2.66. The zero-order chi connectivity index (χ0) is 11.2. The van der Waals surface area contributed by atoms with Crippen molar-refractivity contribution in [3.63, 3.8) is 0 Å². The van der Waals surface area contributed by atoms with Crippen LogP contribution in [0.5, 0.6) is 0 Å². The lowest BCUT2D eigenvalue weighted by atomic mass is 10.3. The Hall–Kier alpha value is -0.820. The third-order valence-electron chi connectivity index (χ3n) is 1.56. The average molecular weight is 223 g/mol. The molecule has 0 aliphatic carbocycles. The van der Waals surface area contributed by atoms with E-state index in [1.165, 1.54) is 6.26 Å². The van der Waals surface area contributed by atoms with Gasteiger partial charge in [-0.2, -0.15) is 0 Å². The molecular formula is C7H17N3O3S. The number of oxime groups is 1. The smallest absolute Gasteiger partial charge is 0.148 e. The van der Waals surface area contributed by atoms with Crippen LogP contribution in [0.4, 0.5) is 0 Å². The minimum absolute atomic E-state index is 0.0865. The van der Waals surface area contributed by atoms with Crippen molar-refractivity contribution < 1.29 is 13.6 Å². The van der Waals surface area contributed by atoms with Crippen LogP contribution < -0.4 is 11.1 Å². The molecule has 84 valence electrons. The van der Waals surface area contributed by atoms with Gasteiger partial charge in [0.2, 0.25) is 0 Å². The van der Waals surface area contributed by atoms with E-state index in [4.69, 9.17) is 10.9 Å². The maximum atomic E-state index is 10.9. The van der Waals surface area contributed by atoms with Gasteiger partial charge in [-0.25, -0.2) is 8.42 Å². The lowest BCUT2D eigenvalue weighted by Crippen LogP contribution is -2.34. The van der Waals surface area contributed by atoms with Crippen LogP contribution >= 0.6 is 0 Å². The van der Waals surface area contributed by atoms with Crippen LogP contribution in [0.2, 0.25) is 0 Å². The molecule has 0 saturated carbocycles. The Morgan fingerprint density at radius 1 is 1.64 bits per heavy atom. The highest BCUT2D eigenvalue weighted by atomic mass is 32.2. The Bertz CT molecular complexity index is 287. The number of sulfone groups is 1. The molecular weight excluding hydrogens is 206 g/mol. The zero-order valence-corrected chi connectivity index (χ0v) is 9.21. The first kappa shape index (κ1) is 13.2. The average Bonchev–Trinajstić information content (AvgIpc) is 2.00. The fourth-order valence-corrected chi connectivity index (χ4v) is 2.04. The van der Waals surface area contributed by atoms with E-state index < -0.39 is 9.84 Å². The van der Waals surface area contributed by atoms with Crippen LogP contribution in [0, 0.1) is 0 Å². The van der Waals surface area contributed by atoms with Crippen LogP contribution in [0.3, 0.4) is 0 Å². The molecule has 0 aromatic rings. The van der Waals surface area contributed by atoms with Crippen LogP contribution in [-0.2, 0) is 9.84 Å². The van der Waals surface area contributed by atoms with Crippen molar-refractivity contribution >= 4 is 15.7 Å². The summed E-state index contributed by atoms with van der Waals surface area (Å²) in [6, 6.07) is -0.128. The predicted octanol–water partition coefficient (Wildman–Crippen LogP) is -0.854. The summed E-state index contributed by atoms with van der Waals surface area (Å²) in [5, 5.41) is 14.0. The molecule has 14 heavy (non-hydrogen) atoms. The number of nitrogens with one attached hydrogen (secondary N) is 1. The molecule has 0 rings (SSSR count). The SMILES string of the molecule is CC(CS(C)(=O)=O)NCCC(N)=NO. The standard InChI is InChI=1S/C7H17N3O3S/c1-6(5-14(2,12)13)9-4-3-7(8)10-11/h6,9,11H,3-5H2,1-2H3,(H2,8,10). The summed E-state index contributed by atoms with van der Waals surface area (Å²) in [7, 11) is -2.95. The Morgan fingerprint density at radius 3 is 2.64 bits per heavy atom. The Kier molecular flexibility index (Phi) is 5.47. The van der Waals surface area contributed by atoms with E-state index in [-0.39, 0.29) is 17.6 Å². The van der Waals surface area contributed by atoms with Crippen molar-refractivity contribution in [1.29, 1.82) is 0 Å². The van der Waals surface area contributed by atoms with Crippen molar-refractivity contribution in [2.75, 3.05) is 18.6 Å². The number of nitrogens with two attached hydrogens (primary N) is 1. The molecule has 0 aliphatic rings. The molecule has 0 aliphatic heterocycles. The van der Waals surface area contributed by atoms with E-state index >= 15 is 0 Å². The predicted molar refractivity (Wildman–Crippen MR) is 55.2 cm³/mol. The second-order valence-corrected chi connectivity index (χ2v) is 5.47. The Labute approximate surface area is 84.1 Å². The fourth-order valence-electron chi connectivity index (χ4n) is 1.01. The Balaban J connectivity index is 3.71. The van der Waals surface area contributed by atoms with E-state index in [9.17, 15) is 8.42 Å². The first-order chi connectivity index (χ1) is 6.35. The summed E-state index contributed by atoms with van der Waals surface area (Å²) >= 11 is 0. The van der Waals surface area contributed by atoms with Gasteiger partial charge in [-0.3, -0.25) is 0 Å². The van der Waals surface area contributed by atoms with Gasteiger partial charge in [-0.15, -0.1) is 0 Å². The molecule has 0 heterocycles. The summed E-state index contributed by atoms with van der Waals surface area (Å²) < 4.78 is 21.7. The number of hydrogen-bond donors (Lipinski definition) is 3. The van der Waals surface area contributed by atoms with Crippen molar-refractivity contribution in [1.82, 2.24) is 5.32 Å². The van der Waals surface area contributed by atoms with Gasteiger partial charge in [-0.1, -0.05) is 5.16 Å². The van der Waals surface area contributed by atoms with E-state index in [0.29, 0.717) is 13.0 Å². The molecule has 1 unspecified atom stereocenters. The maximum Gasteiger partial charge on any atom is 0.148 e. The number of nitrogens with zero attached hydrogens (tertiary/aromatic N) is 1. The summed E-state index contributed by atoms with van der Waals surface area (Å²) in [4.78, 5) is 0. The minimum Gasteiger partial charge on any atom is -0.409 e. The lowest BCUT2D eigenvalue weighted by molar-refractivity contribution is 0.316.